The zero-order valence-electron chi connectivity index (χ0n) is 8.95. The molecule has 1 heterocycles. The van der Waals surface area contributed by atoms with Gasteiger partial charge in [-0.15, -0.1) is 0 Å². The summed E-state index contributed by atoms with van der Waals surface area (Å²) < 4.78 is 24.7. The van der Waals surface area contributed by atoms with Crippen molar-refractivity contribution in [3.63, 3.8) is 0 Å². The van der Waals surface area contributed by atoms with Gasteiger partial charge >= 0.3 is 0 Å². The van der Waals surface area contributed by atoms with E-state index >= 15 is 0 Å². The molecule has 0 amide bonds. The van der Waals surface area contributed by atoms with Gasteiger partial charge in [0.1, 0.15) is 0 Å². The second-order valence-corrected chi connectivity index (χ2v) is 5.50. The minimum Gasteiger partial charge on any atom is -0.396 e. The van der Waals surface area contributed by atoms with Crippen LogP contribution in [0.3, 0.4) is 0 Å². The maximum atomic E-state index is 11.8. The van der Waals surface area contributed by atoms with Crippen LogP contribution in [0.15, 0.2) is 18.5 Å². The number of anilines is 2. The normalized spacial score (nSPS) is 12.8. The number of nitriles is 1. The molecule has 0 fully saturated rings. The Morgan fingerprint density at radius 3 is 2.75 bits per heavy atom. The second kappa shape index (κ2) is 4.37. The maximum Gasteiger partial charge on any atom is 0.251 e. The summed E-state index contributed by atoms with van der Waals surface area (Å²) in [7, 11) is -2.34. The van der Waals surface area contributed by atoms with Gasteiger partial charge in [0.05, 0.1) is 23.6 Å². The zero-order chi connectivity index (χ0) is 12.3. The Balaban J connectivity index is 3.19. The van der Waals surface area contributed by atoms with Crippen molar-refractivity contribution in [2.75, 3.05) is 17.1 Å². The Kier molecular flexibility index (Phi) is 3.34. The average molecular weight is 240 g/mol. The van der Waals surface area contributed by atoms with Crippen molar-refractivity contribution in [2.24, 2.45) is 0 Å². The topological polar surface area (TPSA) is 100 Å². The molecule has 0 aromatic carbocycles. The fraction of sp³-hybridized carbons (Fsp3) is 0.333. The van der Waals surface area contributed by atoms with E-state index in [4.69, 9.17) is 11.0 Å². The fourth-order valence-electron chi connectivity index (χ4n) is 1.13. The highest BCUT2D eigenvalue weighted by Gasteiger charge is 2.27. The molecule has 0 aliphatic rings. The summed E-state index contributed by atoms with van der Waals surface area (Å²) in [6.45, 7) is 1.32. The minimum absolute atomic E-state index is 0.249. The standard InChI is InChI=1S/C9H12N4O2S/c1-7(5-10)16(14,15)13(2)9-3-4-12-6-8(9)11/h3-4,6-7H,11H2,1-2H3. The van der Waals surface area contributed by atoms with E-state index in [0.29, 0.717) is 5.69 Å². The number of hydrogen-bond donors (Lipinski definition) is 1. The number of hydrogen-bond acceptors (Lipinski definition) is 5. The van der Waals surface area contributed by atoms with Crippen LogP contribution < -0.4 is 10.0 Å². The van der Waals surface area contributed by atoms with Crippen LogP contribution in [-0.4, -0.2) is 25.7 Å². The van der Waals surface area contributed by atoms with Gasteiger partial charge in [-0.05, 0) is 13.0 Å². The van der Waals surface area contributed by atoms with Crippen LogP contribution in [0.4, 0.5) is 11.4 Å². The van der Waals surface area contributed by atoms with Gasteiger partial charge in [-0.25, -0.2) is 8.42 Å². The Bertz CT molecular complexity index is 521. The number of nitrogens with zero attached hydrogens (tertiary/aromatic N) is 3. The monoisotopic (exact) mass is 240 g/mol. The number of aromatic nitrogens is 1. The summed E-state index contributed by atoms with van der Waals surface area (Å²) in [6, 6.07) is 3.17. The van der Waals surface area contributed by atoms with Crippen molar-refractivity contribution in [2.45, 2.75) is 12.2 Å². The lowest BCUT2D eigenvalue weighted by atomic mass is 10.3. The molecule has 1 atom stereocenters. The molecule has 0 saturated carbocycles. The van der Waals surface area contributed by atoms with Crippen LogP contribution in [0.25, 0.3) is 0 Å². The van der Waals surface area contributed by atoms with E-state index in [1.807, 2.05) is 0 Å². The third-order valence-corrected chi connectivity index (χ3v) is 4.14. The van der Waals surface area contributed by atoms with E-state index < -0.39 is 15.3 Å². The molecule has 6 nitrogen and oxygen atoms in total. The molecular formula is C9H12N4O2S. The van der Waals surface area contributed by atoms with Gasteiger partial charge in [0.2, 0.25) is 0 Å². The van der Waals surface area contributed by atoms with Crippen molar-refractivity contribution < 1.29 is 8.42 Å². The molecule has 1 unspecified atom stereocenters. The van der Waals surface area contributed by atoms with Gasteiger partial charge in [0, 0.05) is 13.2 Å². The first-order valence-electron chi connectivity index (χ1n) is 4.48. The van der Waals surface area contributed by atoms with Crippen molar-refractivity contribution >= 4 is 21.4 Å². The van der Waals surface area contributed by atoms with Gasteiger partial charge in [0.25, 0.3) is 10.0 Å². The fourth-order valence-corrected chi connectivity index (χ4v) is 2.17. The van der Waals surface area contributed by atoms with Crippen molar-refractivity contribution in [3.05, 3.63) is 18.5 Å². The van der Waals surface area contributed by atoms with Crippen molar-refractivity contribution in [3.8, 4) is 6.07 Å². The maximum absolute atomic E-state index is 11.8. The molecular weight excluding hydrogens is 228 g/mol. The van der Waals surface area contributed by atoms with E-state index in [1.54, 1.807) is 6.07 Å². The van der Waals surface area contributed by atoms with Crippen LogP contribution in [-0.2, 0) is 10.0 Å². The largest absolute Gasteiger partial charge is 0.396 e. The highest BCUT2D eigenvalue weighted by atomic mass is 32.2. The number of sulfonamides is 1. The van der Waals surface area contributed by atoms with Crippen molar-refractivity contribution in [1.82, 2.24) is 4.98 Å². The van der Waals surface area contributed by atoms with Gasteiger partial charge in [-0.3, -0.25) is 9.29 Å². The molecule has 1 aromatic rings. The van der Waals surface area contributed by atoms with Gasteiger partial charge < -0.3 is 5.73 Å². The van der Waals surface area contributed by atoms with E-state index in [-0.39, 0.29) is 5.69 Å². The third-order valence-electron chi connectivity index (χ3n) is 2.18. The van der Waals surface area contributed by atoms with Gasteiger partial charge in [-0.2, -0.15) is 5.26 Å². The molecule has 0 spiro atoms. The molecule has 16 heavy (non-hydrogen) atoms. The molecule has 7 heteroatoms. The first-order valence-corrected chi connectivity index (χ1v) is 5.98. The van der Waals surface area contributed by atoms with Gasteiger partial charge in [0.15, 0.2) is 5.25 Å². The predicted octanol–water partition coefficient (Wildman–Crippen LogP) is 0.342. The van der Waals surface area contributed by atoms with Crippen molar-refractivity contribution in [1.29, 1.82) is 5.26 Å². The lowest BCUT2D eigenvalue weighted by Crippen LogP contribution is -2.34. The minimum atomic E-state index is -3.70. The molecule has 86 valence electrons. The van der Waals surface area contributed by atoms with Crippen LogP contribution in [0, 0.1) is 11.3 Å². The van der Waals surface area contributed by atoms with Crippen LogP contribution in [0.5, 0.6) is 0 Å². The molecule has 0 bridgehead atoms. The Morgan fingerprint density at radius 1 is 1.62 bits per heavy atom. The molecule has 1 rings (SSSR count). The van der Waals surface area contributed by atoms with E-state index in [1.165, 1.54) is 32.4 Å². The first kappa shape index (κ1) is 12.3. The van der Waals surface area contributed by atoms with Crippen LogP contribution >= 0.6 is 0 Å². The molecule has 0 aliphatic carbocycles. The lowest BCUT2D eigenvalue weighted by Gasteiger charge is -2.21. The highest BCUT2D eigenvalue weighted by molar-refractivity contribution is 7.93. The van der Waals surface area contributed by atoms with E-state index in [0.717, 1.165) is 4.31 Å². The van der Waals surface area contributed by atoms with Crippen LogP contribution in [0.1, 0.15) is 6.92 Å². The SMILES string of the molecule is CC(C#N)S(=O)(=O)N(C)c1ccncc1N. The summed E-state index contributed by atoms with van der Waals surface area (Å²) in [5.74, 6) is 0. The summed E-state index contributed by atoms with van der Waals surface area (Å²) in [4.78, 5) is 3.76. The number of nitrogens with two attached hydrogens (primary N) is 1. The summed E-state index contributed by atoms with van der Waals surface area (Å²) in [5, 5.41) is 7.52. The third kappa shape index (κ3) is 2.06. The van der Waals surface area contributed by atoms with Gasteiger partial charge in [-0.1, -0.05) is 0 Å². The zero-order valence-corrected chi connectivity index (χ0v) is 9.77. The molecule has 2 N–H and O–H groups in total. The highest BCUT2D eigenvalue weighted by Crippen LogP contribution is 2.24. The average Bonchev–Trinajstić information content (AvgIpc) is 2.27. The lowest BCUT2D eigenvalue weighted by molar-refractivity contribution is 0.590. The van der Waals surface area contributed by atoms with E-state index in [9.17, 15) is 8.42 Å². The predicted molar refractivity (Wildman–Crippen MR) is 61.0 cm³/mol. The summed E-state index contributed by atoms with van der Waals surface area (Å²) >= 11 is 0. The Morgan fingerprint density at radius 2 is 2.25 bits per heavy atom. The number of pyridine rings is 1. The first-order chi connectivity index (χ1) is 7.41. The molecule has 0 radical (unpaired) electrons. The van der Waals surface area contributed by atoms with Crippen LogP contribution in [0.2, 0.25) is 0 Å². The quantitative estimate of drug-likeness (QED) is 0.821. The molecule has 0 aliphatic heterocycles. The Hall–Kier alpha value is -1.81. The molecule has 0 saturated heterocycles. The number of nitrogen functional groups attached to an aromatic ring is 1. The number of rotatable bonds is 3. The Labute approximate surface area is 94.4 Å². The smallest absolute Gasteiger partial charge is 0.251 e. The molecule has 1 aromatic heterocycles. The summed E-state index contributed by atoms with van der Waals surface area (Å²) in [6.07, 6.45) is 2.80. The second-order valence-electron chi connectivity index (χ2n) is 3.22. The van der Waals surface area contributed by atoms with E-state index in [2.05, 4.69) is 4.98 Å². The summed E-state index contributed by atoms with van der Waals surface area (Å²) in [5.41, 5.74) is 6.17.